The average Bonchev–Trinajstić information content (AvgIpc) is 3.06. The minimum atomic E-state index is -3.53. The summed E-state index contributed by atoms with van der Waals surface area (Å²) < 4.78 is 57.3. The maximum atomic E-state index is 14.7. The van der Waals surface area contributed by atoms with Gasteiger partial charge in [-0.2, -0.15) is 0 Å². The molecule has 1 aliphatic carbocycles. The van der Waals surface area contributed by atoms with E-state index in [1.54, 1.807) is 6.92 Å². The van der Waals surface area contributed by atoms with Crippen molar-refractivity contribution in [2.45, 2.75) is 57.3 Å². The second kappa shape index (κ2) is 9.00. The van der Waals surface area contributed by atoms with Crippen molar-refractivity contribution < 1.29 is 22.0 Å². The number of nitrogens with zero attached hydrogens (tertiary/aromatic N) is 1. The van der Waals surface area contributed by atoms with Crippen molar-refractivity contribution in [3.05, 3.63) is 39.8 Å². The van der Waals surface area contributed by atoms with E-state index in [1.165, 1.54) is 0 Å². The summed E-state index contributed by atoms with van der Waals surface area (Å²) in [6, 6.07) is 1.55. The molecule has 5 N–H and O–H groups in total. The van der Waals surface area contributed by atoms with Crippen LogP contribution in [0.5, 0.6) is 0 Å². The standard InChI is InChI=1S/C20H25F2N5O3S2/c1-10-9-32(29,30)27-13-4-2-12(3-5-13)25-20-26-19(23)18(31-20)17(28)16-14(21)6-11(8-24-10)7-15(16)22/h6-7,10,12-13,24,27H,2-5,8-9,23H2,1H3,(H,25,26)/t10?,12-,13-. The van der Waals surface area contributed by atoms with Gasteiger partial charge < -0.3 is 16.4 Å². The van der Waals surface area contributed by atoms with Crippen LogP contribution in [-0.2, 0) is 16.6 Å². The topological polar surface area (TPSA) is 126 Å². The van der Waals surface area contributed by atoms with E-state index in [2.05, 4.69) is 20.3 Å². The van der Waals surface area contributed by atoms with E-state index in [4.69, 9.17) is 5.73 Å². The Balaban J connectivity index is 1.68. The molecule has 174 valence electrons. The van der Waals surface area contributed by atoms with Crippen LogP contribution in [0.4, 0.5) is 19.7 Å². The van der Waals surface area contributed by atoms with Gasteiger partial charge in [-0.25, -0.2) is 26.9 Å². The first-order valence-electron chi connectivity index (χ1n) is 10.4. The summed E-state index contributed by atoms with van der Waals surface area (Å²) in [6.45, 7) is 1.73. The number of sulfonamides is 1. The summed E-state index contributed by atoms with van der Waals surface area (Å²) in [6.07, 6.45) is 2.72. The van der Waals surface area contributed by atoms with E-state index < -0.39 is 39.0 Å². The number of anilines is 2. The number of carbonyl (C=O) groups is 1. The molecule has 1 saturated carbocycles. The molecule has 5 heterocycles. The molecule has 0 amide bonds. The molecular weight excluding hydrogens is 460 g/mol. The van der Waals surface area contributed by atoms with Gasteiger partial charge in [0.15, 0.2) is 5.13 Å². The molecule has 0 spiro atoms. The highest BCUT2D eigenvalue weighted by Gasteiger charge is 2.29. The van der Waals surface area contributed by atoms with Gasteiger partial charge in [0.05, 0.1) is 11.3 Å². The molecule has 1 unspecified atom stereocenters. The third-order valence-electron chi connectivity index (χ3n) is 5.71. The normalized spacial score (nSPS) is 26.2. The summed E-state index contributed by atoms with van der Waals surface area (Å²) in [7, 11) is -3.53. The van der Waals surface area contributed by atoms with Gasteiger partial charge >= 0.3 is 0 Å². The molecule has 0 saturated heterocycles. The molecule has 0 radical (unpaired) electrons. The number of nitrogens with two attached hydrogens (primary N) is 1. The third-order valence-corrected chi connectivity index (χ3v) is 8.35. The number of carbonyl (C=O) groups excluding carboxylic acids is 1. The lowest BCUT2D eigenvalue weighted by atomic mass is 9.92. The van der Waals surface area contributed by atoms with E-state index >= 15 is 0 Å². The molecule has 1 atom stereocenters. The van der Waals surface area contributed by atoms with Crippen LogP contribution in [0.1, 0.15) is 53.4 Å². The minimum absolute atomic E-state index is 0.0239. The number of ketones is 1. The molecule has 2 aromatic rings. The summed E-state index contributed by atoms with van der Waals surface area (Å²) in [4.78, 5) is 17.0. The fraction of sp³-hybridized carbons (Fsp3) is 0.500. The largest absolute Gasteiger partial charge is 0.382 e. The molecule has 1 fully saturated rings. The Labute approximate surface area is 189 Å². The van der Waals surface area contributed by atoms with Gasteiger partial charge in [-0.05, 0) is 50.3 Å². The molecule has 6 bridgehead atoms. The summed E-state index contributed by atoms with van der Waals surface area (Å²) in [5, 5.41) is 6.58. The molecule has 32 heavy (non-hydrogen) atoms. The maximum Gasteiger partial charge on any atom is 0.213 e. The summed E-state index contributed by atoms with van der Waals surface area (Å²) in [5.74, 6) is -3.11. The van der Waals surface area contributed by atoms with Gasteiger partial charge in [0.25, 0.3) is 0 Å². The summed E-state index contributed by atoms with van der Waals surface area (Å²) in [5.41, 5.74) is 5.45. The third kappa shape index (κ3) is 5.08. The minimum Gasteiger partial charge on any atom is -0.382 e. The van der Waals surface area contributed by atoms with Crippen molar-refractivity contribution in [1.29, 1.82) is 0 Å². The Morgan fingerprint density at radius 1 is 1.12 bits per heavy atom. The fourth-order valence-corrected chi connectivity index (χ4v) is 6.65. The first-order valence-corrected chi connectivity index (χ1v) is 12.9. The van der Waals surface area contributed by atoms with Crippen molar-refractivity contribution in [2.24, 2.45) is 0 Å². The molecule has 7 rings (SSSR count). The average molecular weight is 486 g/mol. The van der Waals surface area contributed by atoms with Crippen LogP contribution < -0.4 is 21.1 Å². The van der Waals surface area contributed by atoms with Crippen LogP contribution in [0, 0.1) is 11.6 Å². The number of thiazole rings is 1. The Morgan fingerprint density at radius 3 is 2.41 bits per heavy atom. The van der Waals surface area contributed by atoms with Gasteiger partial charge in [-0.15, -0.1) is 0 Å². The first kappa shape index (κ1) is 23.0. The second-order valence-corrected chi connectivity index (χ2v) is 11.2. The highest BCUT2D eigenvalue weighted by Crippen LogP contribution is 2.32. The number of aromatic nitrogens is 1. The highest BCUT2D eigenvalue weighted by atomic mass is 32.2. The van der Waals surface area contributed by atoms with E-state index in [-0.39, 0.29) is 40.6 Å². The monoisotopic (exact) mass is 485 g/mol. The predicted molar refractivity (Wildman–Crippen MR) is 119 cm³/mol. The number of benzene rings is 1. The van der Waals surface area contributed by atoms with Crippen LogP contribution in [0.2, 0.25) is 0 Å². The van der Waals surface area contributed by atoms with Crippen LogP contribution in [-0.4, -0.2) is 43.1 Å². The lowest BCUT2D eigenvalue weighted by Crippen LogP contribution is -2.44. The zero-order valence-electron chi connectivity index (χ0n) is 17.5. The van der Waals surface area contributed by atoms with Crippen molar-refractivity contribution in [3.63, 3.8) is 0 Å². The Hall–Kier alpha value is -2.15. The molecule has 12 heteroatoms. The SMILES string of the molecule is CC1CS(=O)(=O)N[C@H]2CC[C@@H](CC2)Nc2nc(N)c(s2)C(=O)c2c(F)cc(cc2F)CN1. The number of hydrogen-bond donors (Lipinski definition) is 4. The zero-order chi connectivity index (χ0) is 23.0. The van der Waals surface area contributed by atoms with Gasteiger partial charge in [0.2, 0.25) is 15.8 Å². The number of halogens is 2. The molecule has 4 aliphatic heterocycles. The molecular formula is C20H25F2N5O3S2. The Morgan fingerprint density at radius 2 is 1.75 bits per heavy atom. The predicted octanol–water partition coefficient (Wildman–Crippen LogP) is 2.37. The van der Waals surface area contributed by atoms with Crippen molar-refractivity contribution in [3.8, 4) is 0 Å². The van der Waals surface area contributed by atoms with Gasteiger partial charge in [0, 0.05) is 24.7 Å². The van der Waals surface area contributed by atoms with Crippen LogP contribution >= 0.6 is 11.3 Å². The number of nitrogen functional groups attached to an aromatic ring is 1. The summed E-state index contributed by atoms with van der Waals surface area (Å²) >= 11 is 0.955. The van der Waals surface area contributed by atoms with E-state index in [0.29, 0.717) is 30.8 Å². The smallest absolute Gasteiger partial charge is 0.213 e. The molecule has 8 nitrogen and oxygen atoms in total. The molecule has 5 aliphatic rings. The molecule has 1 aromatic heterocycles. The lowest BCUT2D eigenvalue weighted by Gasteiger charge is -2.29. The van der Waals surface area contributed by atoms with Gasteiger partial charge in [-0.3, -0.25) is 4.79 Å². The van der Waals surface area contributed by atoms with Crippen molar-refractivity contribution >= 4 is 38.1 Å². The van der Waals surface area contributed by atoms with Crippen LogP contribution in [0.25, 0.3) is 0 Å². The second-order valence-electron chi connectivity index (χ2n) is 8.37. The molecule has 1 aromatic carbocycles. The quantitative estimate of drug-likeness (QED) is 0.451. The van der Waals surface area contributed by atoms with E-state index in [9.17, 15) is 22.0 Å². The number of nitrogens with one attached hydrogen (secondary N) is 3. The van der Waals surface area contributed by atoms with Gasteiger partial charge in [0.1, 0.15) is 22.3 Å². The maximum absolute atomic E-state index is 14.7. The van der Waals surface area contributed by atoms with Crippen molar-refractivity contribution in [2.75, 3.05) is 16.8 Å². The van der Waals surface area contributed by atoms with E-state index in [0.717, 1.165) is 23.5 Å². The highest BCUT2D eigenvalue weighted by molar-refractivity contribution is 7.89. The van der Waals surface area contributed by atoms with Crippen molar-refractivity contribution in [1.82, 2.24) is 15.0 Å². The number of rotatable bonds is 0. The van der Waals surface area contributed by atoms with Crippen LogP contribution in [0.15, 0.2) is 12.1 Å². The Bertz CT molecular complexity index is 1110. The number of hydrogen-bond acceptors (Lipinski definition) is 8. The zero-order valence-corrected chi connectivity index (χ0v) is 19.1. The van der Waals surface area contributed by atoms with E-state index in [1.807, 2.05) is 0 Å². The first-order chi connectivity index (χ1) is 15.1. The lowest BCUT2D eigenvalue weighted by molar-refractivity contribution is 0.103. The Kier molecular flexibility index (Phi) is 6.48. The van der Waals surface area contributed by atoms with Crippen LogP contribution in [0.3, 0.4) is 0 Å². The van der Waals surface area contributed by atoms with Gasteiger partial charge in [-0.1, -0.05) is 11.3 Å². The fourth-order valence-electron chi connectivity index (χ4n) is 4.13.